The molecule has 0 aliphatic rings. The average Bonchev–Trinajstić information content (AvgIpc) is 2.90. The third kappa shape index (κ3) is 5.64. The number of nitrogens with one attached hydrogen (secondary N) is 1. The highest BCUT2D eigenvalue weighted by Crippen LogP contribution is 2.39. The van der Waals surface area contributed by atoms with Gasteiger partial charge in [0.15, 0.2) is 28.8 Å². The number of allylic oxidation sites excluding steroid dienone is 1. The first-order valence-corrected chi connectivity index (χ1v) is 10.6. The third-order valence-corrected chi connectivity index (χ3v) is 5.18. The monoisotopic (exact) mass is 480 g/mol. The maximum atomic E-state index is 13.1. The van der Waals surface area contributed by atoms with E-state index in [9.17, 15) is 9.90 Å². The van der Waals surface area contributed by atoms with Crippen LogP contribution in [0.5, 0.6) is 28.7 Å². The molecule has 0 saturated heterocycles. The van der Waals surface area contributed by atoms with Crippen LogP contribution in [0.15, 0.2) is 48.7 Å². The maximum absolute atomic E-state index is 13.1. The van der Waals surface area contributed by atoms with Gasteiger partial charge in [-0.25, -0.2) is 4.98 Å². The van der Waals surface area contributed by atoms with E-state index < -0.39 is 0 Å². The maximum Gasteiger partial charge on any atom is 0.203 e. The number of carbonyl (C=O) groups excluding carboxylic acids is 1. The lowest BCUT2D eigenvalue weighted by molar-refractivity contribution is 0.104. The minimum atomic E-state index is -0.266. The zero-order valence-corrected chi connectivity index (χ0v) is 20.2. The second-order valence-corrected chi connectivity index (χ2v) is 7.21. The van der Waals surface area contributed by atoms with Crippen LogP contribution in [0.3, 0.4) is 0 Å². The lowest BCUT2D eigenvalue weighted by Crippen LogP contribution is -2.05. The number of aliphatic hydroxyl groups is 1. The molecule has 0 spiro atoms. The number of anilines is 2. The lowest BCUT2D eigenvalue weighted by atomic mass is 10.1. The summed E-state index contributed by atoms with van der Waals surface area (Å²) in [6.07, 6.45) is 4.68. The second-order valence-electron chi connectivity index (χ2n) is 7.21. The molecule has 0 fully saturated rings. The van der Waals surface area contributed by atoms with Crippen LogP contribution in [0.25, 0.3) is 6.08 Å². The number of benzene rings is 2. The van der Waals surface area contributed by atoms with Gasteiger partial charge in [0.25, 0.3) is 0 Å². The largest absolute Gasteiger partial charge is 0.493 e. The van der Waals surface area contributed by atoms with Gasteiger partial charge in [0.05, 0.1) is 47.7 Å². The molecule has 3 rings (SSSR count). The quantitative estimate of drug-likeness (QED) is 0.307. The summed E-state index contributed by atoms with van der Waals surface area (Å²) < 4.78 is 26.8. The van der Waals surface area contributed by atoms with Gasteiger partial charge in [-0.1, -0.05) is 6.08 Å². The van der Waals surface area contributed by atoms with Crippen molar-refractivity contribution in [1.29, 1.82) is 0 Å². The first-order chi connectivity index (χ1) is 17.0. The number of nitrogens with zero attached hydrogens (tertiary/aromatic N) is 1. The van der Waals surface area contributed by atoms with E-state index in [4.69, 9.17) is 23.7 Å². The van der Waals surface area contributed by atoms with E-state index in [0.717, 1.165) is 0 Å². The fraction of sp³-hybridized carbons (Fsp3) is 0.231. The van der Waals surface area contributed by atoms with E-state index in [1.54, 1.807) is 48.7 Å². The summed E-state index contributed by atoms with van der Waals surface area (Å²) in [6.45, 7) is -0.249. The number of hydrogen-bond acceptors (Lipinski definition) is 9. The molecule has 2 N–H and O–H groups in total. The molecule has 0 bridgehead atoms. The smallest absolute Gasteiger partial charge is 0.203 e. The van der Waals surface area contributed by atoms with Crippen LogP contribution in [-0.2, 0) is 6.61 Å². The Labute approximate surface area is 203 Å². The molecule has 35 heavy (non-hydrogen) atoms. The van der Waals surface area contributed by atoms with Crippen molar-refractivity contribution in [2.75, 3.05) is 40.9 Å². The summed E-state index contributed by atoms with van der Waals surface area (Å²) >= 11 is 0. The van der Waals surface area contributed by atoms with Gasteiger partial charge in [0.1, 0.15) is 5.82 Å². The third-order valence-electron chi connectivity index (χ3n) is 5.18. The van der Waals surface area contributed by atoms with Crippen LogP contribution >= 0.6 is 0 Å². The van der Waals surface area contributed by atoms with Crippen LogP contribution in [0.2, 0.25) is 0 Å². The summed E-state index contributed by atoms with van der Waals surface area (Å²) in [5.41, 5.74) is 2.16. The van der Waals surface area contributed by atoms with Gasteiger partial charge in [-0.3, -0.25) is 4.79 Å². The van der Waals surface area contributed by atoms with E-state index in [1.165, 1.54) is 41.6 Å². The number of ketones is 1. The summed E-state index contributed by atoms with van der Waals surface area (Å²) in [5, 5.41) is 12.9. The van der Waals surface area contributed by atoms with Gasteiger partial charge in [-0.2, -0.15) is 0 Å². The molecule has 1 aromatic heterocycles. The molecule has 0 aliphatic heterocycles. The van der Waals surface area contributed by atoms with E-state index in [-0.39, 0.29) is 12.4 Å². The topological polar surface area (TPSA) is 108 Å². The molecule has 1 heterocycles. The number of hydrogen-bond donors (Lipinski definition) is 2. The zero-order chi connectivity index (χ0) is 25.4. The molecule has 184 valence electrons. The molecular weight excluding hydrogens is 452 g/mol. The number of rotatable bonds is 11. The molecule has 0 amide bonds. The van der Waals surface area contributed by atoms with Crippen LogP contribution in [0.4, 0.5) is 11.5 Å². The fourth-order valence-electron chi connectivity index (χ4n) is 3.53. The predicted octanol–water partition coefficient (Wildman–Crippen LogP) is 4.26. The van der Waals surface area contributed by atoms with E-state index in [2.05, 4.69) is 10.3 Å². The number of ether oxygens (including phenoxy) is 5. The number of aliphatic hydroxyl groups excluding tert-OH is 1. The minimum Gasteiger partial charge on any atom is -0.493 e. The highest BCUT2D eigenvalue weighted by molar-refractivity contribution is 6.10. The molecule has 2 aromatic carbocycles. The number of aromatic nitrogens is 1. The van der Waals surface area contributed by atoms with Gasteiger partial charge >= 0.3 is 0 Å². The molecule has 9 nitrogen and oxygen atoms in total. The van der Waals surface area contributed by atoms with E-state index in [1.807, 2.05) is 0 Å². The van der Waals surface area contributed by atoms with Gasteiger partial charge in [0, 0.05) is 23.5 Å². The first-order valence-electron chi connectivity index (χ1n) is 10.6. The molecule has 0 aliphatic carbocycles. The van der Waals surface area contributed by atoms with Gasteiger partial charge in [0.2, 0.25) is 5.75 Å². The Morgan fingerprint density at radius 2 is 1.54 bits per heavy atom. The highest BCUT2D eigenvalue weighted by Gasteiger charge is 2.16. The van der Waals surface area contributed by atoms with Crippen LogP contribution in [0.1, 0.15) is 21.5 Å². The van der Waals surface area contributed by atoms with Crippen molar-refractivity contribution in [3.05, 3.63) is 65.4 Å². The van der Waals surface area contributed by atoms with Crippen molar-refractivity contribution in [3.63, 3.8) is 0 Å². The van der Waals surface area contributed by atoms with Gasteiger partial charge in [-0.15, -0.1) is 0 Å². The molecular formula is C26H28N2O7. The van der Waals surface area contributed by atoms with E-state index in [0.29, 0.717) is 56.9 Å². The number of pyridine rings is 1. The second kappa shape index (κ2) is 11.8. The van der Waals surface area contributed by atoms with Crippen LogP contribution in [-0.4, -0.2) is 51.4 Å². The molecule has 3 aromatic rings. The SMILES string of the molecule is COc1cc(Nc2ncccc2C(=O)C=Cc2cc(OC)c(OC)c(OC)c2)cc(CO)c1OC. The molecule has 9 heteroatoms. The normalized spacial score (nSPS) is 10.7. The van der Waals surface area contributed by atoms with Crippen molar-refractivity contribution in [1.82, 2.24) is 4.98 Å². The lowest BCUT2D eigenvalue weighted by Gasteiger charge is -2.15. The average molecular weight is 481 g/mol. The predicted molar refractivity (Wildman–Crippen MR) is 132 cm³/mol. The highest BCUT2D eigenvalue weighted by atomic mass is 16.5. The first kappa shape index (κ1) is 25.4. The summed E-state index contributed by atoms with van der Waals surface area (Å²) in [6, 6.07) is 10.2. The van der Waals surface area contributed by atoms with Crippen molar-refractivity contribution in [2.24, 2.45) is 0 Å². The standard InChI is InChI=1S/C26H28N2O7/c1-31-21-11-16(12-22(32-2)25(21)35-5)8-9-20(30)19-7-6-10-27-26(19)28-18-13-17(15-29)24(34-4)23(14-18)33-3/h6-14,29H,15H2,1-5H3,(H,27,28). The number of carbonyl (C=O) groups is 1. The zero-order valence-electron chi connectivity index (χ0n) is 20.2. The summed E-state index contributed by atoms with van der Waals surface area (Å²) in [7, 11) is 7.59. The van der Waals surface area contributed by atoms with Gasteiger partial charge in [-0.05, 0) is 42.0 Å². The van der Waals surface area contributed by atoms with Crippen molar-refractivity contribution >= 4 is 23.4 Å². The van der Waals surface area contributed by atoms with Gasteiger partial charge < -0.3 is 34.1 Å². The Balaban J connectivity index is 1.91. The van der Waals surface area contributed by atoms with Crippen molar-refractivity contribution in [3.8, 4) is 28.7 Å². The fourth-order valence-corrected chi connectivity index (χ4v) is 3.53. The Morgan fingerprint density at radius 1 is 0.914 bits per heavy atom. The summed E-state index contributed by atoms with van der Waals surface area (Å²) in [5.74, 6) is 2.39. The Bertz CT molecular complexity index is 1170. The Hall–Kier alpha value is -4.24. The minimum absolute atomic E-state index is 0.249. The number of methoxy groups -OCH3 is 5. The molecule has 0 unspecified atom stereocenters. The molecule has 0 saturated carbocycles. The van der Waals surface area contributed by atoms with E-state index >= 15 is 0 Å². The Morgan fingerprint density at radius 3 is 2.11 bits per heavy atom. The van der Waals surface area contributed by atoms with Crippen LogP contribution < -0.4 is 29.0 Å². The molecule has 0 atom stereocenters. The molecule has 0 radical (unpaired) electrons. The van der Waals surface area contributed by atoms with Crippen LogP contribution in [0, 0.1) is 0 Å². The Kier molecular flexibility index (Phi) is 8.53. The van der Waals surface area contributed by atoms with Crippen molar-refractivity contribution in [2.45, 2.75) is 6.61 Å². The van der Waals surface area contributed by atoms with Crippen molar-refractivity contribution < 1.29 is 33.6 Å². The summed E-state index contributed by atoms with van der Waals surface area (Å²) in [4.78, 5) is 17.4.